The minimum Gasteiger partial charge on any atom is -0.475 e. The van der Waals surface area contributed by atoms with Crippen LogP contribution in [-0.4, -0.2) is 23.1 Å². The van der Waals surface area contributed by atoms with Gasteiger partial charge in [0.1, 0.15) is 6.04 Å². The smallest absolute Gasteiger partial charge is 0.475 e. The molecule has 4 rings (SSSR count). The van der Waals surface area contributed by atoms with Gasteiger partial charge >= 0.3 is 12.1 Å². The second-order valence-corrected chi connectivity index (χ2v) is 7.96. The number of rotatable bonds is 7. The van der Waals surface area contributed by atoms with Gasteiger partial charge in [-0.05, 0) is 36.0 Å². The molecule has 1 heterocycles. The fourth-order valence-electron chi connectivity index (χ4n) is 3.78. The summed E-state index contributed by atoms with van der Waals surface area (Å²) < 4.78 is 31.7. The molecule has 178 valence electrons. The van der Waals surface area contributed by atoms with Gasteiger partial charge < -0.3 is 10.4 Å². The quantitative estimate of drug-likeness (QED) is 0.388. The van der Waals surface area contributed by atoms with E-state index >= 15 is 0 Å². The maximum absolute atomic E-state index is 10.6. The number of alkyl halides is 3. The van der Waals surface area contributed by atoms with Crippen LogP contribution in [-0.2, 0) is 11.2 Å². The monoisotopic (exact) mass is 468 g/mol. The van der Waals surface area contributed by atoms with Gasteiger partial charge in [-0.25, -0.2) is 4.79 Å². The Balaban J connectivity index is 0.000000406. The molecule has 4 nitrogen and oxygen atoms in total. The minimum atomic E-state index is -5.08. The third kappa shape index (κ3) is 7.47. The molecule has 0 radical (unpaired) electrons. The fourth-order valence-corrected chi connectivity index (χ4v) is 3.78. The van der Waals surface area contributed by atoms with Crippen molar-refractivity contribution in [3.63, 3.8) is 0 Å². The second kappa shape index (κ2) is 12.0. The summed E-state index contributed by atoms with van der Waals surface area (Å²) in [7, 11) is 0. The number of aliphatic imine (C=N–C) groups is 1. The Hall–Kier alpha value is -3.61. The highest BCUT2D eigenvalue weighted by Gasteiger charge is 2.38. The number of hydrogen-bond donors (Lipinski definition) is 2. The van der Waals surface area contributed by atoms with Crippen LogP contribution in [0.2, 0.25) is 0 Å². The lowest BCUT2D eigenvalue weighted by atomic mass is 9.95. The van der Waals surface area contributed by atoms with Crippen LogP contribution in [0.5, 0.6) is 0 Å². The van der Waals surface area contributed by atoms with E-state index in [0.29, 0.717) is 0 Å². The Morgan fingerprint density at radius 1 is 0.794 bits per heavy atom. The highest BCUT2D eigenvalue weighted by Crippen LogP contribution is 2.36. The van der Waals surface area contributed by atoms with E-state index in [1.165, 1.54) is 23.1 Å². The van der Waals surface area contributed by atoms with Crippen LogP contribution < -0.4 is 5.32 Å². The van der Waals surface area contributed by atoms with Crippen LogP contribution >= 0.6 is 0 Å². The third-order valence-corrected chi connectivity index (χ3v) is 5.45. The van der Waals surface area contributed by atoms with E-state index in [2.05, 4.69) is 96.3 Å². The first-order chi connectivity index (χ1) is 16.3. The number of halogens is 3. The van der Waals surface area contributed by atoms with Crippen LogP contribution in [0.25, 0.3) is 0 Å². The zero-order valence-electron chi connectivity index (χ0n) is 18.6. The van der Waals surface area contributed by atoms with Gasteiger partial charge in [0, 0.05) is 6.42 Å². The van der Waals surface area contributed by atoms with Gasteiger partial charge in [-0.2, -0.15) is 13.2 Å². The Kier molecular flexibility index (Phi) is 8.85. The van der Waals surface area contributed by atoms with Crippen molar-refractivity contribution >= 4 is 11.8 Å². The first-order valence-electron chi connectivity index (χ1n) is 11.1. The summed E-state index contributed by atoms with van der Waals surface area (Å²) in [6.45, 7) is 0. The molecule has 1 aliphatic heterocycles. The summed E-state index contributed by atoms with van der Waals surface area (Å²) in [6, 6.07) is 32.4. The van der Waals surface area contributed by atoms with Gasteiger partial charge in [-0.1, -0.05) is 91.0 Å². The van der Waals surface area contributed by atoms with Crippen LogP contribution in [0.15, 0.2) is 96.0 Å². The van der Waals surface area contributed by atoms with Gasteiger partial charge in [0.25, 0.3) is 0 Å². The number of nitrogens with zero attached hydrogens (tertiary/aromatic N) is 1. The molecule has 0 unspecified atom stereocenters. The van der Waals surface area contributed by atoms with Crippen LogP contribution in [0.1, 0.15) is 48.0 Å². The second-order valence-electron chi connectivity index (χ2n) is 7.96. The van der Waals surface area contributed by atoms with Crippen LogP contribution in [0.3, 0.4) is 0 Å². The number of aliphatic carboxylic acids is 1. The Morgan fingerprint density at radius 2 is 1.26 bits per heavy atom. The number of amidine groups is 1. The highest BCUT2D eigenvalue weighted by atomic mass is 19.4. The molecule has 3 aromatic rings. The van der Waals surface area contributed by atoms with Gasteiger partial charge in [0.15, 0.2) is 0 Å². The molecular formula is C27H27F3N2O2. The van der Waals surface area contributed by atoms with E-state index < -0.39 is 12.1 Å². The minimum absolute atomic E-state index is 0.151. The first-order valence-corrected chi connectivity index (χ1v) is 11.1. The molecule has 0 spiro atoms. The number of carbonyl (C=O) groups is 1. The molecule has 0 saturated heterocycles. The molecule has 0 saturated carbocycles. The summed E-state index contributed by atoms with van der Waals surface area (Å²) in [6.07, 6.45) is -0.585. The van der Waals surface area contributed by atoms with E-state index in [4.69, 9.17) is 14.9 Å². The standard InChI is InChI=1S/C25H26N2.C2HF3O2/c1-4-12-20(13-5-1)14-10-11-19-23-26-24(21-15-6-2-7-16-21)25(27-23)22-17-8-3-9-18-22;3-2(4,5)1(6)7/h1-9,12-13,15-18,24-25H,10-11,14,19H2,(H,26,27);(H,6,7)/t24-,25+;. The maximum atomic E-state index is 10.6. The van der Waals surface area contributed by atoms with Crippen LogP contribution in [0.4, 0.5) is 13.2 Å². The molecule has 0 aromatic heterocycles. The largest absolute Gasteiger partial charge is 0.490 e. The Bertz CT molecular complexity index is 1060. The number of carboxylic acids is 1. The Morgan fingerprint density at radius 3 is 1.79 bits per heavy atom. The summed E-state index contributed by atoms with van der Waals surface area (Å²) >= 11 is 0. The number of benzene rings is 3. The van der Waals surface area contributed by atoms with Crippen molar-refractivity contribution < 1.29 is 23.1 Å². The molecular weight excluding hydrogens is 441 g/mol. The van der Waals surface area contributed by atoms with Crippen molar-refractivity contribution in [2.24, 2.45) is 4.99 Å². The fraction of sp³-hybridized carbons (Fsp3) is 0.259. The van der Waals surface area contributed by atoms with Gasteiger partial charge in [-0.3, -0.25) is 4.99 Å². The molecule has 2 N–H and O–H groups in total. The third-order valence-electron chi connectivity index (χ3n) is 5.45. The SMILES string of the molecule is O=C(O)C(F)(F)F.c1ccc(CCCCC2=N[C@@H](c3ccccc3)[C@@H](c3ccccc3)N2)cc1. The van der Waals surface area contributed by atoms with Crippen LogP contribution in [0, 0.1) is 0 Å². The van der Waals surface area contributed by atoms with E-state index in [1.807, 2.05) is 0 Å². The maximum Gasteiger partial charge on any atom is 0.490 e. The van der Waals surface area contributed by atoms with E-state index in [-0.39, 0.29) is 12.1 Å². The average Bonchev–Trinajstić information content (AvgIpc) is 3.28. The van der Waals surface area contributed by atoms with E-state index in [1.54, 1.807) is 0 Å². The summed E-state index contributed by atoms with van der Waals surface area (Å²) in [5.74, 6) is -1.61. The molecule has 2 atom stereocenters. The summed E-state index contributed by atoms with van der Waals surface area (Å²) in [4.78, 5) is 14.0. The predicted molar refractivity (Wildman–Crippen MR) is 127 cm³/mol. The Labute approximate surface area is 197 Å². The molecule has 34 heavy (non-hydrogen) atoms. The van der Waals surface area contributed by atoms with Crippen molar-refractivity contribution in [3.8, 4) is 0 Å². The molecule has 0 fully saturated rings. The molecule has 3 aromatic carbocycles. The van der Waals surface area contributed by atoms with E-state index in [0.717, 1.165) is 25.1 Å². The van der Waals surface area contributed by atoms with Gasteiger partial charge in [0.2, 0.25) is 0 Å². The molecule has 0 bridgehead atoms. The average molecular weight is 469 g/mol. The van der Waals surface area contributed by atoms with E-state index in [9.17, 15) is 13.2 Å². The molecule has 0 amide bonds. The van der Waals surface area contributed by atoms with Crippen molar-refractivity contribution in [1.82, 2.24) is 5.32 Å². The topological polar surface area (TPSA) is 61.7 Å². The molecule has 7 heteroatoms. The van der Waals surface area contributed by atoms with Gasteiger partial charge in [-0.15, -0.1) is 0 Å². The summed E-state index contributed by atoms with van der Waals surface area (Å²) in [5.41, 5.74) is 4.00. The number of nitrogens with one attached hydrogen (secondary N) is 1. The zero-order valence-corrected chi connectivity index (χ0v) is 18.6. The normalized spacial score (nSPS) is 17.2. The molecule has 1 aliphatic rings. The number of unbranched alkanes of at least 4 members (excludes halogenated alkanes) is 1. The van der Waals surface area contributed by atoms with Crippen molar-refractivity contribution in [2.75, 3.05) is 0 Å². The number of aryl methyl sites for hydroxylation is 1. The van der Waals surface area contributed by atoms with Crippen molar-refractivity contribution in [1.29, 1.82) is 0 Å². The van der Waals surface area contributed by atoms with Crippen molar-refractivity contribution in [3.05, 3.63) is 108 Å². The predicted octanol–water partition coefficient (Wildman–Crippen LogP) is 6.52. The number of carboxylic acid groups (broad SMARTS) is 1. The molecule has 0 aliphatic carbocycles. The van der Waals surface area contributed by atoms with Crippen molar-refractivity contribution in [2.45, 2.75) is 43.9 Å². The number of hydrogen-bond acceptors (Lipinski definition) is 3. The first kappa shape index (κ1) is 25.0. The lowest BCUT2D eigenvalue weighted by Gasteiger charge is -2.19. The van der Waals surface area contributed by atoms with Gasteiger partial charge in [0.05, 0.1) is 11.9 Å². The lowest BCUT2D eigenvalue weighted by Crippen LogP contribution is -2.24. The zero-order chi connectivity index (χ0) is 24.4. The summed E-state index contributed by atoms with van der Waals surface area (Å²) in [5, 5.41) is 10.8. The highest BCUT2D eigenvalue weighted by molar-refractivity contribution is 5.85. The lowest BCUT2D eigenvalue weighted by molar-refractivity contribution is -0.192.